The molecule has 0 aromatic carbocycles. The molecule has 0 rings (SSSR count). The van der Waals surface area contributed by atoms with Gasteiger partial charge in [-0.05, 0) is 12.8 Å². The first-order valence-electron chi connectivity index (χ1n) is 11.9. The van der Waals surface area contributed by atoms with Gasteiger partial charge < -0.3 is 10.6 Å². The second kappa shape index (κ2) is 21.7. The third kappa shape index (κ3) is 21.5. The van der Waals surface area contributed by atoms with Crippen LogP contribution in [-0.2, 0) is 9.63 Å². The highest BCUT2D eigenvalue weighted by molar-refractivity contribution is 5.69. The average Bonchev–Trinajstić information content (AvgIpc) is 2.65. The van der Waals surface area contributed by atoms with E-state index in [1.807, 2.05) is 6.92 Å². The van der Waals surface area contributed by atoms with E-state index in [0.29, 0.717) is 13.0 Å². The summed E-state index contributed by atoms with van der Waals surface area (Å²) in [5.74, 6) is -0.239. The lowest BCUT2D eigenvalue weighted by molar-refractivity contribution is -0.151. The largest absolute Gasteiger partial charge is 0.371 e. The van der Waals surface area contributed by atoms with Gasteiger partial charge in [-0.3, -0.25) is 4.79 Å². The van der Waals surface area contributed by atoms with E-state index in [-0.39, 0.29) is 12.0 Å². The van der Waals surface area contributed by atoms with Gasteiger partial charge in [0.15, 0.2) is 0 Å². The van der Waals surface area contributed by atoms with Crippen LogP contribution >= 0.6 is 0 Å². The van der Waals surface area contributed by atoms with Crippen molar-refractivity contribution in [3.05, 3.63) is 0 Å². The smallest absolute Gasteiger partial charge is 0.326 e. The van der Waals surface area contributed by atoms with Gasteiger partial charge in [-0.25, -0.2) is 0 Å². The van der Waals surface area contributed by atoms with Crippen molar-refractivity contribution >= 4 is 5.97 Å². The Hall–Kier alpha value is -0.610. The van der Waals surface area contributed by atoms with Crippen LogP contribution in [0.2, 0.25) is 0 Å². The fourth-order valence-corrected chi connectivity index (χ4v) is 3.37. The molecule has 3 N–H and O–H groups in total. The number of hydrogen-bond donors (Lipinski definition) is 2. The molecule has 0 heterocycles. The Labute approximate surface area is 169 Å². The third-order valence-corrected chi connectivity index (χ3v) is 5.15. The second-order valence-electron chi connectivity index (χ2n) is 8.07. The van der Waals surface area contributed by atoms with Gasteiger partial charge in [-0.15, -0.1) is 0 Å². The molecule has 0 bridgehead atoms. The van der Waals surface area contributed by atoms with Gasteiger partial charge in [-0.2, -0.15) is 5.48 Å². The molecule has 0 amide bonds. The Bertz CT molecular complexity index is 311. The number of hydroxylamine groups is 1. The first-order chi connectivity index (χ1) is 13.2. The van der Waals surface area contributed by atoms with Crippen molar-refractivity contribution in [2.75, 3.05) is 6.54 Å². The van der Waals surface area contributed by atoms with E-state index in [9.17, 15) is 4.79 Å². The van der Waals surface area contributed by atoms with Crippen LogP contribution < -0.4 is 11.2 Å². The van der Waals surface area contributed by atoms with Gasteiger partial charge in [0.05, 0.1) is 6.42 Å². The summed E-state index contributed by atoms with van der Waals surface area (Å²) in [5, 5.41) is 0. The molecule has 0 fully saturated rings. The number of unbranched alkanes of at least 4 members (excludes halogenated alkanes) is 14. The fraction of sp³-hybridized carbons (Fsp3) is 0.957. The Morgan fingerprint density at radius 3 is 1.63 bits per heavy atom. The van der Waals surface area contributed by atoms with Crippen molar-refractivity contribution in [3.63, 3.8) is 0 Å². The van der Waals surface area contributed by atoms with Crippen LogP contribution in [-0.4, -0.2) is 18.6 Å². The molecule has 162 valence electrons. The first kappa shape index (κ1) is 26.4. The lowest BCUT2D eigenvalue weighted by Crippen LogP contribution is -2.28. The zero-order valence-electron chi connectivity index (χ0n) is 18.4. The number of nitrogens with two attached hydrogens (primary N) is 1. The summed E-state index contributed by atoms with van der Waals surface area (Å²) in [6, 6.07) is -0.0668. The van der Waals surface area contributed by atoms with Gasteiger partial charge in [-0.1, -0.05) is 110 Å². The van der Waals surface area contributed by atoms with Gasteiger partial charge in [0, 0.05) is 12.6 Å². The summed E-state index contributed by atoms with van der Waals surface area (Å²) in [5.41, 5.74) is 8.66. The average molecular weight is 385 g/mol. The van der Waals surface area contributed by atoms with Crippen LogP contribution in [0.1, 0.15) is 129 Å². The molecule has 0 aliphatic carbocycles. The van der Waals surface area contributed by atoms with Crippen molar-refractivity contribution < 1.29 is 9.63 Å². The zero-order valence-corrected chi connectivity index (χ0v) is 18.4. The van der Waals surface area contributed by atoms with E-state index in [2.05, 4.69) is 12.4 Å². The van der Waals surface area contributed by atoms with Crippen LogP contribution in [0.15, 0.2) is 0 Å². The van der Waals surface area contributed by atoms with E-state index in [1.165, 1.54) is 89.9 Å². The van der Waals surface area contributed by atoms with E-state index in [4.69, 9.17) is 10.6 Å². The summed E-state index contributed by atoms with van der Waals surface area (Å²) in [6.45, 7) is 5.00. The highest BCUT2D eigenvalue weighted by Crippen LogP contribution is 2.14. The summed E-state index contributed by atoms with van der Waals surface area (Å²) >= 11 is 0. The van der Waals surface area contributed by atoms with E-state index in [0.717, 1.165) is 19.3 Å². The molecule has 0 radical (unpaired) electrons. The molecule has 0 aliphatic heterocycles. The molecule has 0 aliphatic rings. The highest BCUT2D eigenvalue weighted by Gasteiger charge is 2.10. The molecule has 0 saturated carbocycles. The van der Waals surface area contributed by atoms with Crippen molar-refractivity contribution in [1.29, 1.82) is 0 Å². The minimum atomic E-state index is -0.239. The molecular formula is C23H48N2O2. The molecule has 0 saturated heterocycles. The van der Waals surface area contributed by atoms with Gasteiger partial charge >= 0.3 is 5.97 Å². The van der Waals surface area contributed by atoms with Crippen LogP contribution in [0.3, 0.4) is 0 Å². The predicted molar refractivity (Wildman–Crippen MR) is 117 cm³/mol. The van der Waals surface area contributed by atoms with E-state index in [1.54, 1.807) is 0 Å². The highest BCUT2D eigenvalue weighted by atomic mass is 16.7. The Morgan fingerprint density at radius 1 is 0.741 bits per heavy atom. The lowest BCUT2D eigenvalue weighted by Gasteiger charge is -2.11. The van der Waals surface area contributed by atoms with Gasteiger partial charge in [0.2, 0.25) is 0 Å². The summed E-state index contributed by atoms with van der Waals surface area (Å²) in [7, 11) is 0. The fourth-order valence-electron chi connectivity index (χ4n) is 3.37. The maximum Gasteiger partial charge on any atom is 0.326 e. The lowest BCUT2D eigenvalue weighted by atomic mass is 10.0. The number of carbonyl (C=O) groups excluding carboxylic acids is 1. The normalized spacial score (nSPS) is 12.3. The maximum absolute atomic E-state index is 11.5. The molecule has 1 atom stereocenters. The minimum absolute atomic E-state index is 0.0668. The molecule has 4 nitrogen and oxygen atoms in total. The van der Waals surface area contributed by atoms with Gasteiger partial charge in [0.1, 0.15) is 0 Å². The SMILES string of the molecule is CCCCCCCCCCCCCCCCCC(N)CC(=O)ONCCC. The Balaban J connectivity index is 3.20. The molecule has 0 spiro atoms. The van der Waals surface area contributed by atoms with Gasteiger partial charge in [0.25, 0.3) is 0 Å². The summed E-state index contributed by atoms with van der Waals surface area (Å²) in [6.07, 6.45) is 22.7. The summed E-state index contributed by atoms with van der Waals surface area (Å²) in [4.78, 5) is 16.4. The number of rotatable bonds is 21. The second-order valence-corrected chi connectivity index (χ2v) is 8.07. The monoisotopic (exact) mass is 384 g/mol. The quantitative estimate of drug-likeness (QED) is 0.177. The maximum atomic E-state index is 11.5. The van der Waals surface area contributed by atoms with E-state index < -0.39 is 0 Å². The molecule has 4 heteroatoms. The standard InChI is InChI=1S/C23H48N2O2/c1-3-5-6-7-8-9-10-11-12-13-14-15-16-17-18-19-22(24)21-23(26)27-25-20-4-2/h22,25H,3-21,24H2,1-2H3. The third-order valence-electron chi connectivity index (χ3n) is 5.15. The van der Waals surface area contributed by atoms with Crippen LogP contribution in [0.25, 0.3) is 0 Å². The Kier molecular flexibility index (Phi) is 21.2. The van der Waals surface area contributed by atoms with Crippen molar-refractivity contribution in [2.24, 2.45) is 5.73 Å². The van der Waals surface area contributed by atoms with Crippen molar-refractivity contribution in [1.82, 2.24) is 5.48 Å². The van der Waals surface area contributed by atoms with Crippen LogP contribution in [0.5, 0.6) is 0 Å². The topological polar surface area (TPSA) is 64.4 Å². The van der Waals surface area contributed by atoms with Crippen molar-refractivity contribution in [2.45, 2.75) is 135 Å². The molecule has 27 heavy (non-hydrogen) atoms. The van der Waals surface area contributed by atoms with Crippen LogP contribution in [0.4, 0.5) is 0 Å². The minimum Gasteiger partial charge on any atom is -0.371 e. The first-order valence-corrected chi connectivity index (χ1v) is 11.9. The molecule has 1 unspecified atom stereocenters. The predicted octanol–water partition coefficient (Wildman–Crippen LogP) is 6.42. The molecular weight excluding hydrogens is 336 g/mol. The number of hydrogen-bond acceptors (Lipinski definition) is 4. The number of nitrogens with one attached hydrogen (secondary N) is 1. The van der Waals surface area contributed by atoms with E-state index >= 15 is 0 Å². The van der Waals surface area contributed by atoms with Crippen LogP contribution in [0, 0.1) is 0 Å². The van der Waals surface area contributed by atoms with Crippen molar-refractivity contribution in [3.8, 4) is 0 Å². The zero-order chi connectivity index (χ0) is 20.0. The Morgan fingerprint density at radius 2 is 1.19 bits per heavy atom. The number of carbonyl (C=O) groups is 1. The molecule has 0 aromatic heterocycles. The molecule has 0 aromatic rings. The summed E-state index contributed by atoms with van der Waals surface area (Å²) < 4.78 is 0.